The van der Waals surface area contributed by atoms with Crippen molar-refractivity contribution in [3.8, 4) is 5.75 Å². The largest absolute Gasteiger partial charge is 0.497 e. The second-order valence-corrected chi connectivity index (χ2v) is 6.10. The van der Waals surface area contributed by atoms with Crippen molar-refractivity contribution in [3.05, 3.63) is 65.7 Å². The van der Waals surface area contributed by atoms with Crippen molar-refractivity contribution in [1.82, 2.24) is 5.32 Å². The number of hydrogen-bond donors (Lipinski definition) is 1. The van der Waals surface area contributed by atoms with E-state index in [-0.39, 0.29) is 18.6 Å². The van der Waals surface area contributed by atoms with E-state index >= 15 is 0 Å². The van der Waals surface area contributed by atoms with Gasteiger partial charge in [-0.25, -0.2) is 4.79 Å². The molecule has 0 saturated heterocycles. The minimum absolute atomic E-state index is 0.0613. The van der Waals surface area contributed by atoms with Crippen molar-refractivity contribution in [1.29, 1.82) is 0 Å². The molecule has 2 aromatic carbocycles. The molecule has 0 aromatic heterocycles. The van der Waals surface area contributed by atoms with Gasteiger partial charge in [-0.05, 0) is 48.6 Å². The Morgan fingerprint density at radius 3 is 2.36 bits per heavy atom. The first-order valence-electron chi connectivity index (χ1n) is 8.33. The summed E-state index contributed by atoms with van der Waals surface area (Å²) in [6.07, 6.45) is 2.17. The molecule has 0 spiro atoms. The lowest BCUT2D eigenvalue weighted by Crippen LogP contribution is -2.33. The average molecular weight is 339 g/mol. The standard InChI is InChI=1S/C20H21NO4/c1-24-17-11-9-15(10-12-17)19(14-7-8-14)21-18(22)13-25-20(23)16-5-3-2-4-6-16/h2-6,9-12,14,19H,7-8,13H2,1H3,(H,21,22)/t19-/m0/s1. The van der Waals surface area contributed by atoms with E-state index in [1.165, 1.54) is 0 Å². The highest BCUT2D eigenvalue weighted by atomic mass is 16.5. The van der Waals surface area contributed by atoms with Gasteiger partial charge in [0.15, 0.2) is 6.61 Å². The number of rotatable bonds is 7. The van der Waals surface area contributed by atoms with Crippen molar-refractivity contribution in [3.63, 3.8) is 0 Å². The van der Waals surface area contributed by atoms with E-state index in [0.29, 0.717) is 11.5 Å². The van der Waals surface area contributed by atoms with Crippen LogP contribution in [0.3, 0.4) is 0 Å². The molecule has 1 atom stereocenters. The fourth-order valence-corrected chi connectivity index (χ4v) is 2.72. The lowest BCUT2D eigenvalue weighted by atomic mass is 10.0. The topological polar surface area (TPSA) is 64.6 Å². The Kier molecular flexibility index (Phi) is 5.33. The predicted molar refractivity (Wildman–Crippen MR) is 93.3 cm³/mol. The molecular formula is C20H21NO4. The predicted octanol–water partition coefficient (Wildman–Crippen LogP) is 3.12. The second kappa shape index (κ2) is 7.83. The molecule has 1 aliphatic rings. The molecule has 130 valence electrons. The van der Waals surface area contributed by atoms with Crippen LogP contribution in [-0.2, 0) is 9.53 Å². The molecule has 1 amide bonds. The Morgan fingerprint density at radius 1 is 1.08 bits per heavy atom. The first-order chi connectivity index (χ1) is 12.2. The average Bonchev–Trinajstić information content (AvgIpc) is 3.50. The maximum absolute atomic E-state index is 12.2. The number of esters is 1. The van der Waals surface area contributed by atoms with Gasteiger partial charge in [0.05, 0.1) is 18.7 Å². The zero-order chi connectivity index (χ0) is 17.6. The van der Waals surface area contributed by atoms with E-state index in [1.54, 1.807) is 31.4 Å². The van der Waals surface area contributed by atoms with Crippen LogP contribution in [0.5, 0.6) is 5.75 Å². The molecule has 1 N–H and O–H groups in total. The lowest BCUT2D eigenvalue weighted by molar-refractivity contribution is -0.125. The summed E-state index contributed by atoms with van der Waals surface area (Å²) in [6, 6.07) is 16.3. The number of nitrogens with one attached hydrogen (secondary N) is 1. The molecule has 3 rings (SSSR count). The number of carbonyl (C=O) groups excluding carboxylic acids is 2. The Bertz CT molecular complexity index is 723. The van der Waals surface area contributed by atoms with Gasteiger partial charge in [-0.3, -0.25) is 4.79 Å². The summed E-state index contributed by atoms with van der Waals surface area (Å²) in [5.41, 5.74) is 1.47. The molecule has 5 nitrogen and oxygen atoms in total. The maximum Gasteiger partial charge on any atom is 0.338 e. The molecule has 1 aliphatic carbocycles. The van der Waals surface area contributed by atoms with Gasteiger partial charge in [-0.1, -0.05) is 30.3 Å². The highest BCUT2D eigenvalue weighted by Crippen LogP contribution is 2.41. The number of hydrogen-bond acceptors (Lipinski definition) is 4. The fraction of sp³-hybridized carbons (Fsp3) is 0.300. The molecule has 0 bridgehead atoms. The molecular weight excluding hydrogens is 318 g/mol. The zero-order valence-corrected chi connectivity index (χ0v) is 14.1. The number of benzene rings is 2. The Labute approximate surface area is 147 Å². The van der Waals surface area contributed by atoms with Crippen LogP contribution in [0, 0.1) is 5.92 Å². The molecule has 1 saturated carbocycles. The molecule has 0 radical (unpaired) electrons. The number of ether oxygens (including phenoxy) is 2. The summed E-state index contributed by atoms with van der Waals surface area (Å²) in [5, 5.41) is 2.98. The van der Waals surface area contributed by atoms with Crippen molar-refractivity contribution in [2.24, 2.45) is 5.92 Å². The highest BCUT2D eigenvalue weighted by molar-refractivity contribution is 5.91. The quantitative estimate of drug-likeness (QED) is 0.787. The van der Waals surface area contributed by atoms with Crippen molar-refractivity contribution in [2.45, 2.75) is 18.9 Å². The molecule has 1 fully saturated rings. The minimum atomic E-state index is -0.497. The third-order valence-corrected chi connectivity index (χ3v) is 4.23. The van der Waals surface area contributed by atoms with Crippen LogP contribution in [-0.4, -0.2) is 25.6 Å². The molecule has 2 aromatic rings. The third-order valence-electron chi connectivity index (χ3n) is 4.23. The SMILES string of the molecule is COc1ccc([C@@H](NC(=O)COC(=O)c2ccccc2)C2CC2)cc1. The van der Waals surface area contributed by atoms with Crippen LogP contribution in [0.2, 0.25) is 0 Å². The second-order valence-electron chi connectivity index (χ2n) is 6.10. The van der Waals surface area contributed by atoms with Gasteiger partial charge < -0.3 is 14.8 Å². The summed E-state index contributed by atoms with van der Waals surface area (Å²) >= 11 is 0. The summed E-state index contributed by atoms with van der Waals surface area (Å²) in [7, 11) is 1.62. The zero-order valence-electron chi connectivity index (χ0n) is 14.1. The molecule has 0 heterocycles. The molecule has 25 heavy (non-hydrogen) atoms. The van der Waals surface area contributed by atoms with Crippen LogP contribution in [0.25, 0.3) is 0 Å². The van der Waals surface area contributed by atoms with Crippen molar-refractivity contribution < 1.29 is 19.1 Å². The smallest absolute Gasteiger partial charge is 0.338 e. The third kappa shape index (κ3) is 4.59. The first-order valence-corrected chi connectivity index (χ1v) is 8.33. The minimum Gasteiger partial charge on any atom is -0.497 e. The summed E-state index contributed by atoms with van der Waals surface area (Å²) < 4.78 is 10.3. The van der Waals surface area contributed by atoms with Gasteiger partial charge >= 0.3 is 5.97 Å². The van der Waals surface area contributed by atoms with Crippen molar-refractivity contribution >= 4 is 11.9 Å². The Morgan fingerprint density at radius 2 is 1.76 bits per heavy atom. The van der Waals surface area contributed by atoms with Gasteiger partial charge in [-0.15, -0.1) is 0 Å². The molecule has 5 heteroatoms. The van der Waals surface area contributed by atoms with E-state index in [0.717, 1.165) is 24.2 Å². The van der Waals surface area contributed by atoms with Gasteiger partial charge in [-0.2, -0.15) is 0 Å². The van der Waals surface area contributed by atoms with E-state index in [9.17, 15) is 9.59 Å². The van der Waals surface area contributed by atoms with E-state index in [1.807, 2.05) is 30.3 Å². The first kappa shape index (κ1) is 17.0. The van der Waals surface area contributed by atoms with E-state index < -0.39 is 5.97 Å². The van der Waals surface area contributed by atoms with Gasteiger partial charge in [0.2, 0.25) is 0 Å². The van der Waals surface area contributed by atoms with Crippen LogP contribution in [0.1, 0.15) is 34.8 Å². The van der Waals surface area contributed by atoms with Crippen LogP contribution in [0.4, 0.5) is 0 Å². The fourth-order valence-electron chi connectivity index (χ4n) is 2.72. The Hall–Kier alpha value is -2.82. The number of amides is 1. The summed E-state index contributed by atoms with van der Waals surface area (Å²) in [6.45, 7) is -0.285. The van der Waals surface area contributed by atoms with E-state index in [2.05, 4.69) is 5.32 Å². The van der Waals surface area contributed by atoms with Gasteiger partial charge in [0.1, 0.15) is 5.75 Å². The molecule has 0 aliphatic heterocycles. The summed E-state index contributed by atoms with van der Waals surface area (Å²) in [5.74, 6) is 0.420. The van der Waals surface area contributed by atoms with Gasteiger partial charge in [0.25, 0.3) is 5.91 Å². The summed E-state index contributed by atoms with van der Waals surface area (Å²) in [4.78, 5) is 24.1. The maximum atomic E-state index is 12.2. The number of methoxy groups -OCH3 is 1. The normalized spacial score (nSPS) is 14.4. The van der Waals surface area contributed by atoms with Crippen LogP contribution >= 0.6 is 0 Å². The van der Waals surface area contributed by atoms with Crippen LogP contribution in [0.15, 0.2) is 54.6 Å². The van der Waals surface area contributed by atoms with Crippen LogP contribution < -0.4 is 10.1 Å². The monoisotopic (exact) mass is 339 g/mol. The highest BCUT2D eigenvalue weighted by Gasteiger charge is 2.33. The van der Waals surface area contributed by atoms with Gasteiger partial charge in [0, 0.05) is 0 Å². The molecule has 0 unspecified atom stereocenters. The van der Waals surface area contributed by atoms with E-state index in [4.69, 9.17) is 9.47 Å². The number of carbonyl (C=O) groups is 2. The lowest BCUT2D eigenvalue weighted by Gasteiger charge is -2.19. The van der Waals surface area contributed by atoms with Crippen molar-refractivity contribution in [2.75, 3.05) is 13.7 Å². The Balaban J connectivity index is 1.56.